The third-order valence-corrected chi connectivity index (χ3v) is 4.28. The number of hydrogen-bond acceptors (Lipinski definition) is 5. The minimum absolute atomic E-state index is 0.199. The van der Waals surface area contributed by atoms with E-state index in [4.69, 9.17) is 21.4 Å². The number of ether oxygens (including phenoxy) is 1. The Hall–Kier alpha value is -2.51. The summed E-state index contributed by atoms with van der Waals surface area (Å²) >= 11 is 7.38. The highest BCUT2D eigenvalue weighted by atomic mass is 35.5. The lowest BCUT2D eigenvalue weighted by Gasteiger charge is -2.03. The predicted molar refractivity (Wildman–Crippen MR) is 103 cm³/mol. The summed E-state index contributed by atoms with van der Waals surface area (Å²) in [7, 11) is 0. The Kier molecular flexibility index (Phi) is 7.98. The second-order valence-electron chi connectivity index (χ2n) is 5.17. The van der Waals surface area contributed by atoms with Crippen molar-refractivity contribution >= 4 is 41.5 Å². The van der Waals surface area contributed by atoms with Gasteiger partial charge in [-0.05, 0) is 47.5 Å². The molecule has 0 spiro atoms. The van der Waals surface area contributed by atoms with E-state index < -0.39 is 12.6 Å². The number of rotatable bonds is 9. The Morgan fingerprint density at radius 2 is 2.00 bits per heavy atom. The van der Waals surface area contributed by atoms with E-state index in [-0.39, 0.29) is 11.7 Å². The molecule has 0 saturated heterocycles. The first-order valence-corrected chi connectivity index (χ1v) is 9.15. The zero-order valence-electron chi connectivity index (χ0n) is 13.7. The number of nitrogens with zero attached hydrogens (tertiary/aromatic N) is 1. The van der Waals surface area contributed by atoms with Crippen molar-refractivity contribution in [1.29, 1.82) is 0 Å². The SMILES string of the molecule is O=C(O)COc1ccc(/C=N/NC(=O)CSCc2cccc(Cl)c2)cc1. The summed E-state index contributed by atoms with van der Waals surface area (Å²) in [6.07, 6.45) is 1.50. The monoisotopic (exact) mass is 392 g/mol. The number of carboxylic acids is 1. The van der Waals surface area contributed by atoms with Crippen molar-refractivity contribution in [2.45, 2.75) is 5.75 Å². The molecular formula is C18H17ClN2O4S. The molecule has 0 atom stereocenters. The summed E-state index contributed by atoms with van der Waals surface area (Å²) in [6, 6.07) is 14.2. The van der Waals surface area contributed by atoms with Gasteiger partial charge >= 0.3 is 5.97 Å². The molecule has 0 aliphatic rings. The first kappa shape index (κ1) is 19.8. The number of aliphatic carboxylic acids is 1. The van der Waals surface area contributed by atoms with Crippen LogP contribution in [0.15, 0.2) is 53.6 Å². The third kappa shape index (κ3) is 7.58. The topological polar surface area (TPSA) is 88.0 Å². The fourth-order valence-corrected chi connectivity index (χ4v) is 2.87. The molecular weight excluding hydrogens is 376 g/mol. The Bertz CT molecular complexity index is 781. The number of hydrogen-bond donors (Lipinski definition) is 2. The van der Waals surface area contributed by atoms with Gasteiger partial charge in [0.1, 0.15) is 5.75 Å². The lowest BCUT2D eigenvalue weighted by molar-refractivity contribution is -0.139. The molecule has 2 N–H and O–H groups in total. The van der Waals surface area contributed by atoms with Crippen LogP contribution in [-0.4, -0.2) is 35.6 Å². The van der Waals surface area contributed by atoms with Crippen molar-refractivity contribution in [3.63, 3.8) is 0 Å². The van der Waals surface area contributed by atoms with Crippen LogP contribution in [-0.2, 0) is 15.3 Å². The minimum atomic E-state index is -1.04. The normalized spacial score (nSPS) is 10.7. The Balaban J connectivity index is 1.70. The van der Waals surface area contributed by atoms with Crippen molar-refractivity contribution in [1.82, 2.24) is 5.43 Å². The predicted octanol–water partition coefficient (Wildman–Crippen LogP) is 3.19. The molecule has 2 aromatic carbocycles. The summed E-state index contributed by atoms with van der Waals surface area (Å²) < 4.78 is 5.03. The van der Waals surface area contributed by atoms with Crippen LogP contribution in [0.3, 0.4) is 0 Å². The maximum Gasteiger partial charge on any atom is 0.341 e. The summed E-state index contributed by atoms with van der Waals surface area (Å²) in [5, 5.41) is 13.1. The quantitative estimate of drug-likeness (QED) is 0.505. The van der Waals surface area contributed by atoms with Crippen LogP contribution in [0.5, 0.6) is 5.75 Å². The van der Waals surface area contributed by atoms with Crippen LogP contribution < -0.4 is 10.2 Å². The Labute approximate surface area is 160 Å². The van der Waals surface area contributed by atoms with Gasteiger partial charge in [0, 0.05) is 10.8 Å². The van der Waals surface area contributed by atoms with Gasteiger partial charge in [0.05, 0.1) is 12.0 Å². The maximum atomic E-state index is 11.7. The molecule has 2 aromatic rings. The first-order chi connectivity index (χ1) is 12.5. The van der Waals surface area contributed by atoms with Gasteiger partial charge in [-0.3, -0.25) is 4.79 Å². The molecule has 0 aromatic heterocycles. The van der Waals surface area contributed by atoms with Crippen LogP contribution >= 0.6 is 23.4 Å². The van der Waals surface area contributed by atoms with E-state index in [1.54, 1.807) is 24.3 Å². The largest absolute Gasteiger partial charge is 0.482 e. The molecule has 1 amide bonds. The van der Waals surface area contributed by atoms with Crippen LogP contribution in [0.1, 0.15) is 11.1 Å². The number of thioether (sulfide) groups is 1. The number of carbonyl (C=O) groups is 2. The van der Waals surface area contributed by atoms with Gasteiger partial charge in [0.2, 0.25) is 5.91 Å². The van der Waals surface area contributed by atoms with E-state index in [0.717, 1.165) is 11.1 Å². The second-order valence-corrected chi connectivity index (χ2v) is 6.59. The van der Waals surface area contributed by atoms with Crippen LogP contribution in [0.2, 0.25) is 5.02 Å². The van der Waals surface area contributed by atoms with Crippen molar-refractivity contribution in [2.24, 2.45) is 5.10 Å². The number of hydrazone groups is 1. The molecule has 0 unspecified atom stereocenters. The molecule has 0 aliphatic heterocycles. The summed E-state index contributed by atoms with van der Waals surface area (Å²) in [4.78, 5) is 22.2. The minimum Gasteiger partial charge on any atom is -0.482 e. The van der Waals surface area contributed by atoms with E-state index in [1.165, 1.54) is 18.0 Å². The first-order valence-electron chi connectivity index (χ1n) is 7.61. The van der Waals surface area contributed by atoms with E-state index in [2.05, 4.69) is 10.5 Å². The van der Waals surface area contributed by atoms with Gasteiger partial charge < -0.3 is 9.84 Å². The molecule has 136 valence electrons. The van der Waals surface area contributed by atoms with Gasteiger partial charge in [-0.15, -0.1) is 11.8 Å². The highest BCUT2D eigenvalue weighted by molar-refractivity contribution is 7.99. The van der Waals surface area contributed by atoms with Crippen LogP contribution in [0.4, 0.5) is 0 Å². The van der Waals surface area contributed by atoms with Gasteiger partial charge in [0.25, 0.3) is 0 Å². The standard InChI is InChI=1S/C18H17ClN2O4S/c19-15-3-1-2-14(8-15)11-26-12-17(22)21-20-9-13-4-6-16(7-5-13)25-10-18(23)24/h1-9H,10-12H2,(H,21,22)(H,23,24)/b20-9+. The Morgan fingerprint density at radius 3 is 2.69 bits per heavy atom. The van der Waals surface area contributed by atoms with Crippen LogP contribution in [0.25, 0.3) is 0 Å². The second kappa shape index (κ2) is 10.5. The van der Waals surface area contributed by atoms with Gasteiger partial charge in [-0.1, -0.05) is 23.7 Å². The molecule has 0 radical (unpaired) electrons. The summed E-state index contributed by atoms with van der Waals surface area (Å²) in [6.45, 7) is -0.393. The molecule has 0 heterocycles. The summed E-state index contributed by atoms with van der Waals surface area (Å²) in [5.74, 6) is 0.189. The average Bonchev–Trinajstić information content (AvgIpc) is 2.61. The summed E-state index contributed by atoms with van der Waals surface area (Å²) in [5.41, 5.74) is 4.27. The van der Waals surface area contributed by atoms with E-state index >= 15 is 0 Å². The molecule has 6 nitrogen and oxygen atoms in total. The number of benzene rings is 2. The number of carboxylic acid groups (broad SMARTS) is 1. The molecule has 0 fully saturated rings. The molecule has 8 heteroatoms. The molecule has 0 aliphatic carbocycles. The zero-order chi connectivity index (χ0) is 18.8. The highest BCUT2D eigenvalue weighted by Crippen LogP contribution is 2.16. The van der Waals surface area contributed by atoms with E-state index in [1.807, 2.05) is 24.3 Å². The molecule has 0 bridgehead atoms. The van der Waals surface area contributed by atoms with Crippen LogP contribution in [0, 0.1) is 0 Å². The third-order valence-electron chi connectivity index (χ3n) is 3.04. The van der Waals surface area contributed by atoms with E-state index in [9.17, 15) is 9.59 Å². The number of carbonyl (C=O) groups excluding carboxylic acids is 1. The number of halogens is 1. The Morgan fingerprint density at radius 1 is 1.23 bits per heavy atom. The zero-order valence-corrected chi connectivity index (χ0v) is 15.3. The van der Waals surface area contributed by atoms with Crippen molar-refractivity contribution in [3.8, 4) is 5.75 Å². The smallest absolute Gasteiger partial charge is 0.341 e. The van der Waals surface area contributed by atoms with E-state index in [0.29, 0.717) is 16.5 Å². The highest BCUT2D eigenvalue weighted by Gasteiger charge is 2.02. The van der Waals surface area contributed by atoms with Gasteiger partial charge in [0.15, 0.2) is 6.61 Å². The fraction of sp³-hybridized carbons (Fsp3) is 0.167. The van der Waals surface area contributed by atoms with Crippen molar-refractivity contribution in [3.05, 3.63) is 64.7 Å². The lowest BCUT2D eigenvalue weighted by Crippen LogP contribution is -2.19. The molecule has 0 saturated carbocycles. The number of nitrogens with one attached hydrogen (secondary N) is 1. The molecule has 26 heavy (non-hydrogen) atoms. The lowest BCUT2D eigenvalue weighted by atomic mass is 10.2. The molecule has 2 rings (SSSR count). The van der Waals surface area contributed by atoms with Crippen molar-refractivity contribution < 1.29 is 19.4 Å². The average molecular weight is 393 g/mol. The van der Waals surface area contributed by atoms with Crippen molar-refractivity contribution in [2.75, 3.05) is 12.4 Å². The fourth-order valence-electron chi connectivity index (χ4n) is 1.89. The van der Waals surface area contributed by atoms with Gasteiger partial charge in [-0.25, -0.2) is 10.2 Å². The number of amides is 1. The maximum absolute atomic E-state index is 11.7. The van der Waals surface area contributed by atoms with Gasteiger partial charge in [-0.2, -0.15) is 5.10 Å².